The fraction of sp³-hybridized carbons (Fsp3) is 0.200. The molecule has 20 heavy (non-hydrogen) atoms. The molecule has 1 unspecified atom stereocenters. The van der Waals surface area contributed by atoms with Crippen LogP contribution in [0.5, 0.6) is 0 Å². The van der Waals surface area contributed by atoms with Crippen molar-refractivity contribution in [1.82, 2.24) is 0 Å². The van der Waals surface area contributed by atoms with Gasteiger partial charge in [0.2, 0.25) is 0 Å². The molecule has 0 amide bonds. The summed E-state index contributed by atoms with van der Waals surface area (Å²) in [7, 11) is -3.28. The van der Waals surface area contributed by atoms with E-state index in [9.17, 15) is 8.42 Å². The van der Waals surface area contributed by atoms with Crippen LogP contribution in [0.25, 0.3) is 0 Å². The number of rotatable bonds is 4. The fourth-order valence-electron chi connectivity index (χ4n) is 2.05. The zero-order chi connectivity index (χ0) is 14.8. The summed E-state index contributed by atoms with van der Waals surface area (Å²) in [5.41, 5.74) is 8.25. The highest BCUT2D eigenvalue weighted by molar-refractivity contribution is 7.90. The van der Waals surface area contributed by atoms with Crippen LogP contribution < -0.4 is 11.1 Å². The van der Waals surface area contributed by atoms with Crippen molar-refractivity contribution in [3.05, 3.63) is 54.1 Å². The molecule has 0 spiro atoms. The second kappa shape index (κ2) is 5.64. The molecule has 0 saturated heterocycles. The molecule has 0 aromatic heterocycles. The maximum atomic E-state index is 11.8. The molecule has 4 nitrogen and oxygen atoms in total. The first-order valence-electron chi connectivity index (χ1n) is 6.30. The second-order valence-corrected chi connectivity index (χ2v) is 6.75. The van der Waals surface area contributed by atoms with E-state index in [1.165, 1.54) is 6.26 Å². The summed E-state index contributed by atoms with van der Waals surface area (Å²) in [6, 6.07) is 14.3. The lowest BCUT2D eigenvalue weighted by Crippen LogP contribution is -2.09. The smallest absolute Gasteiger partial charge is 0.177 e. The Morgan fingerprint density at radius 1 is 1.00 bits per heavy atom. The van der Waals surface area contributed by atoms with E-state index < -0.39 is 9.84 Å². The molecule has 0 saturated carbocycles. The molecular weight excluding hydrogens is 272 g/mol. The molecule has 2 aromatic rings. The fourth-order valence-corrected chi connectivity index (χ4v) is 2.89. The molecule has 106 valence electrons. The Hall–Kier alpha value is -1.85. The predicted molar refractivity (Wildman–Crippen MR) is 81.9 cm³/mol. The normalized spacial score (nSPS) is 12.9. The Labute approximate surface area is 119 Å². The van der Waals surface area contributed by atoms with Crippen LogP contribution in [0, 0.1) is 0 Å². The van der Waals surface area contributed by atoms with Crippen LogP contribution in [-0.2, 0) is 9.84 Å². The number of benzene rings is 2. The van der Waals surface area contributed by atoms with Gasteiger partial charge in [-0.1, -0.05) is 30.3 Å². The van der Waals surface area contributed by atoms with Crippen LogP contribution in [0.1, 0.15) is 18.5 Å². The van der Waals surface area contributed by atoms with Gasteiger partial charge in [-0.2, -0.15) is 0 Å². The van der Waals surface area contributed by atoms with E-state index >= 15 is 0 Å². The van der Waals surface area contributed by atoms with Gasteiger partial charge in [-0.15, -0.1) is 0 Å². The van der Waals surface area contributed by atoms with E-state index in [1.807, 2.05) is 31.2 Å². The summed E-state index contributed by atoms with van der Waals surface area (Å²) in [5.74, 6) is 0. The molecule has 1 atom stereocenters. The monoisotopic (exact) mass is 290 g/mol. The first-order valence-corrected chi connectivity index (χ1v) is 8.19. The van der Waals surface area contributed by atoms with E-state index in [-0.39, 0.29) is 10.9 Å². The second-order valence-electron chi connectivity index (χ2n) is 4.77. The van der Waals surface area contributed by atoms with Crippen LogP contribution in [-0.4, -0.2) is 14.7 Å². The van der Waals surface area contributed by atoms with Crippen molar-refractivity contribution in [2.75, 3.05) is 11.6 Å². The highest BCUT2D eigenvalue weighted by Crippen LogP contribution is 2.28. The van der Waals surface area contributed by atoms with Gasteiger partial charge in [-0.05, 0) is 30.7 Å². The van der Waals surface area contributed by atoms with Crippen molar-refractivity contribution in [3.63, 3.8) is 0 Å². The lowest BCUT2D eigenvalue weighted by atomic mass is 10.1. The number of anilines is 2. The molecule has 0 aliphatic carbocycles. The maximum Gasteiger partial charge on any atom is 0.177 e. The Balaban J connectivity index is 2.47. The molecule has 2 aromatic carbocycles. The Morgan fingerprint density at radius 2 is 1.55 bits per heavy atom. The largest absolute Gasteiger partial charge is 0.354 e. The summed E-state index contributed by atoms with van der Waals surface area (Å²) >= 11 is 0. The summed E-state index contributed by atoms with van der Waals surface area (Å²) in [4.78, 5) is 0.277. The maximum absolute atomic E-state index is 11.8. The molecule has 2 rings (SSSR count). The average Bonchev–Trinajstić information content (AvgIpc) is 2.38. The molecule has 5 heteroatoms. The van der Waals surface area contributed by atoms with Crippen molar-refractivity contribution in [1.29, 1.82) is 0 Å². The third-order valence-corrected chi connectivity index (χ3v) is 4.16. The molecule has 0 radical (unpaired) electrons. The lowest BCUT2D eigenvalue weighted by Gasteiger charge is -2.16. The number of nitrogens with one attached hydrogen (secondary N) is 1. The minimum atomic E-state index is -3.28. The number of para-hydroxylation sites is 2. The molecule has 0 aliphatic heterocycles. The molecule has 3 N–H and O–H groups in total. The molecule has 0 bridgehead atoms. The van der Waals surface area contributed by atoms with Crippen molar-refractivity contribution < 1.29 is 8.42 Å². The van der Waals surface area contributed by atoms with Gasteiger partial charge in [0.25, 0.3) is 0 Å². The van der Waals surface area contributed by atoms with Gasteiger partial charge < -0.3 is 11.1 Å². The third-order valence-electron chi connectivity index (χ3n) is 3.01. The van der Waals surface area contributed by atoms with Gasteiger partial charge in [0.05, 0.1) is 10.6 Å². The minimum Gasteiger partial charge on any atom is -0.354 e. The highest BCUT2D eigenvalue weighted by atomic mass is 32.2. The minimum absolute atomic E-state index is 0.135. The Bertz CT molecular complexity index is 709. The standard InChI is InChI=1S/C15H18N2O2S/c1-11(16)12-7-3-4-8-13(12)17-14-9-5-6-10-15(14)20(2,18)19/h3-11,17H,16H2,1-2H3. The van der Waals surface area contributed by atoms with Crippen LogP contribution >= 0.6 is 0 Å². The Kier molecular flexibility index (Phi) is 4.11. The van der Waals surface area contributed by atoms with Gasteiger partial charge in [0, 0.05) is 18.0 Å². The van der Waals surface area contributed by atoms with Gasteiger partial charge in [-0.3, -0.25) is 0 Å². The van der Waals surface area contributed by atoms with E-state index in [0.717, 1.165) is 11.3 Å². The topological polar surface area (TPSA) is 72.2 Å². The average molecular weight is 290 g/mol. The molecule has 0 fully saturated rings. The molecule has 0 aliphatic rings. The summed E-state index contributed by atoms with van der Waals surface area (Å²) in [6.07, 6.45) is 1.20. The van der Waals surface area contributed by atoms with E-state index in [1.54, 1.807) is 24.3 Å². The number of hydrogen-bond acceptors (Lipinski definition) is 4. The Morgan fingerprint density at radius 3 is 2.15 bits per heavy atom. The van der Waals surface area contributed by atoms with Gasteiger partial charge >= 0.3 is 0 Å². The molecule has 0 heterocycles. The quantitative estimate of drug-likeness (QED) is 0.908. The summed E-state index contributed by atoms with van der Waals surface area (Å²) in [5, 5.41) is 3.17. The van der Waals surface area contributed by atoms with Crippen LogP contribution in [0.2, 0.25) is 0 Å². The first-order chi connectivity index (χ1) is 9.39. The van der Waals surface area contributed by atoms with E-state index in [2.05, 4.69) is 5.32 Å². The van der Waals surface area contributed by atoms with Crippen LogP contribution in [0.15, 0.2) is 53.4 Å². The van der Waals surface area contributed by atoms with Gasteiger partial charge in [0.15, 0.2) is 9.84 Å². The van der Waals surface area contributed by atoms with Gasteiger partial charge in [-0.25, -0.2) is 8.42 Å². The van der Waals surface area contributed by atoms with Crippen molar-refractivity contribution in [3.8, 4) is 0 Å². The van der Waals surface area contributed by atoms with E-state index in [4.69, 9.17) is 5.73 Å². The summed E-state index contributed by atoms with van der Waals surface area (Å²) in [6.45, 7) is 1.89. The lowest BCUT2D eigenvalue weighted by molar-refractivity contribution is 0.602. The first kappa shape index (κ1) is 14.6. The highest BCUT2D eigenvalue weighted by Gasteiger charge is 2.14. The van der Waals surface area contributed by atoms with Crippen LogP contribution in [0.4, 0.5) is 11.4 Å². The summed E-state index contributed by atoms with van der Waals surface area (Å²) < 4.78 is 23.6. The number of nitrogens with two attached hydrogens (primary N) is 1. The van der Waals surface area contributed by atoms with Crippen molar-refractivity contribution in [2.24, 2.45) is 5.73 Å². The van der Waals surface area contributed by atoms with Crippen LogP contribution in [0.3, 0.4) is 0 Å². The number of sulfone groups is 1. The molecular formula is C15H18N2O2S. The zero-order valence-corrected chi connectivity index (χ0v) is 12.3. The van der Waals surface area contributed by atoms with Crippen molar-refractivity contribution >= 4 is 21.2 Å². The third kappa shape index (κ3) is 3.18. The zero-order valence-electron chi connectivity index (χ0n) is 11.5. The van der Waals surface area contributed by atoms with Gasteiger partial charge in [0.1, 0.15) is 0 Å². The predicted octanol–water partition coefficient (Wildman–Crippen LogP) is 2.85. The SMILES string of the molecule is CC(N)c1ccccc1Nc1ccccc1S(C)(=O)=O. The van der Waals surface area contributed by atoms with E-state index in [0.29, 0.717) is 5.69 Å². The number of hydrogen-bond donors (Lipinski definition) is 2. The van der Waals surface area contributed by atoms with Crippen molar-refractivity contribution in [2.45, 2.75) is 17.9 Å².